The molecule has 38 heavy (non-hydrogen) atoms. The summed E-state index contributed by atoms with van der Waals surface area (Å²) in [5, 5.41) is 25.8. The SMILES string of the molecule is CCOCCCN1C(=O)C(C#N)=C(C)/C(=C\c2cn(-c3ccccc3)nc2-c2cccc([N+](=O)[O-])c2)C1=O. The van der Waals surface area contributed by atoms with Gasteiger partial charge in [0.15, 0.2) is 0 Å². The molecular formula is C28H25N5O5. The van der Waals surface area contributed by atoms with Crippen molar-refractivity contribution in [3.63, 3.8) is 0 Å². The van der Waals surface area contributed by atoms with E-state index >= 15 is 0 Å². The van der Waals surface area contributed by atoms with Gasteiger partial charge in [-0.1, -0.05) is 30.3 Å². The molecule has 0 saturated carbocycles. The van der Waals surface area contributed by atoms with Gasteiger partial charge in [-0.15, -0.1) is 0 Å². The molecule has 0 fully saturated rings. The Hall–Kier alpha value is -4.88. The Morgan fingerprint density at radius 2 is 1.89 bits per heavy atom. The van der Waals surface area contributed by atoms with Crippen molar-refractivity contribution in [3.8, 4) is 23.0 Å². The maximum Gasteiger partial charge on any atom is 0.271 e. The first-order chi connectivity index (χ1) is 18.3. The zero-order chi connectivity index (χ0) is 27.2. The number of carbonyl (C=O) groups excluding carboxylic acids is 2. The molecule has 2 heterocycles. The molecule has 0 bridgehead atoms. The fraction of sp³-hybridized carbons (Fsp3) is 0.214. The van der Waals surface area contributed by atoms with E-state index in [1.54, 1.807) is 36.0 Å². The predicted molar refractivity (Wildman–Crippen MR) is 140 cm³/mol. The van der Waals surface area contributed by atoms with E-state index in [0.717, 1.165) is 10.6 Å². The zero-order valence-electron chi connectivity index (χ0n) is 21.0. The van der Waals surface area contributed by atoms with Gasteiger partial charge in [0.05, 0.1) is 10.6 Å². The van der Waals surface area contributed by atoms with E-state index in [0.29, 0.717) is 36.5 Å². The van der Waals surface area contributed by atoms with Crippen molar-refractivity contribution in [2.45, 2.75) is 20.3 Å². The van der Waals surface area contributed by atoms with Crippen molar-refractivity contribution in [1.29, 1.82) is 5.26 Å². The maximum atomic E-state index is 13.5. The number of para-hydroxylation sites is 1. The summed E-state index contributed by atoms with van der Waals surface area (Å²) in [6.45, 7) is 4.41. The number of carbonyl (C=O) groups is 2. The topological polar surface area (TPSA) is 131 Å². The summed E-state index contributed by atoms with van der Waals surface area (Å²) in [6, 6.07) is 17.3. The predicted octanol–water partition coefficient (Wildman–Crippen LogP) is 4.47. The lowest BCUT2D eigenvalue weighted by atomic mass is 9.93. The number of non-ortho nitro benzene ring substituents is 1. The number of nitro groups is 1. The first-order valence-corrected chi connectivity index (χ1v) is 12.0. The average molecular weight is 512 g/mol. The second kappa shape index (κ2) is 11.5. The molecule has 1 aliphatic rings. The normalized spacial score (nSPS) is 14.8. The van der Waals surface area contributed by atoms with Crippen LogP contribution in [-0.2, 0) is 14.3 Å². The number of nitriles is 1. The molecular weight excluding hydrogens is 486 g/mol. The molecule has 0 unspecified atom stereocenters. The molecule has 10 nitrogen and oxygen atoms in total. The number of nitro benzene ring substituents is 1. The summed E-state index contributed by atoms with van der Waals surface area (Å²) in [4.78, 5) is 38.3. The Labute approximate surface area is 219 Å². The lowest BCUT2D eigenvalue weighted by Crippen LogP contribution is -2.43. The fourth-order valence-corrected chi connectivity index (χ4v) is 4.15. The molecule has 192 valence electrons. The summed E-state index contributed by atoms with van der Waals surface area (Å²) in [5.74, 6) is -1.16. The van der Waals surface area contributed by atoms with Gasteiger partial charge < -0.3 is 4.74 Å². The van der Waals surface area contributed by atoms with E-state index in [9.17, 15) is 25.0 Å². The molecule has 0 aliphatic carbocycles. The second-order valence-electron chi connectivity index (χ2n) is 8.50. The third kappa shape index (κ3) is 5.28. The highest BCUT2D eigenvalue weighted by Gasteiger charge is 2.35. The van der Waals surface area contributed by atoms with E-state index < -0.39 is 16.7 Å². The van der Waals surface area contributed by atoms with Crippen molar-refractivity contribution in [3.05, 3.63) is 93.2 Å². The molecule has 2 amide bonds. The highest BCUT2D eigenvalue weighted by Crippen LogP contribution is 2.32. The van der Waals surface area contributed by atoms with Crippen LogP contribution in [-0.4, -0.2) is 51.2 Å². The summed E-state index contributed by atoms with van der Waals surface area (Å²) >= 11 is 0. The largest absolute Gasteiger partial charge is 0.382 e. The first kappa shape index (κ1) is 26.2. The number of hydrogen-bond donors (Lipinski definition) is 0. The van der Waals surface area contributed by atoms with Crippen LogP contribution in [0.1, 0.15) is 25.8 Å². The van der Waals surface area contributed by atoms with Crippen molar-refractivity contribution in [2.24, 2.45) is 0 Å². The minimum atomic E-state index is -0.637. The van der Waals surface area contributed by atoms with Crippen molar-refractivity contribution >= 4 is 23.6 Å². The summed E-state index contributed by atoms with van der Waals surface area (Å²) < 4.78 is 6.94. The number of ether oxygens (including phenoxy) is 1. The minimum Gasteiger partial charge on any atom is -0.382 e. The molecule has 1 aliphatic heterocycles. The van der Waals surface area contributed by atoms with E-state index in [1.807, 2.05) is 43.3 Å². The summed E-state index contributed by atoms with van der Waals surface area (Å²) in [7, 11) is 0. The molecule has 0 atom stereocenters. The highest BCUT2D eigenvalue weighted by atomic mass is 16.6. The number of amides is 2. The Balaban J connectivity index is 1.85. The third-order valence-electron chi connectivity index (χ3n) is 6.09. The van der Waals surface area contributed by atoms with Crippen LogP contribution < -0.4 is 0 Å². The smallest absolute Gasteiger partial charge is 0.271 e. The van der Waals surface area contributed by atoms with Crippen LogP contribution in [0.15, 0.2) is 77.5 Å². The molecule has 2 aromatic carbocycles. The van der Waals surface area contributed by atoms with E-state index in [4.69, 9.17) is 4.74 Å². The van der Waals surface area contributed by atoms with Crippen LogP contribution in [0.3, 0.4) is 0 Å². The molecule has 0 saturated heterocycles. The molecule has 1 aromatic heterocycles. The van der Waals surface area contributed by atoms with Crippen LogP contribution in [0.4, 0.5) is 5.69 Å². The molecule has 0 radical (unpaired) electrons. The van der Waals surface area contributed by atoms with E-state index in [-0.39, 0.29) is 29.0 Å². The van der Waals surface area contributed by atoms with E-state index in [2.05, 4.69) is 5.10 Å². The van der Waals surface area contributed by atoms with Crippen LogP contribution in [0.5, 0.6) is 0 Å². The lowest BCUT2D eigenvalue weighted by Gasteiger charge is -2.27. The van der Waals surface area contributed by atoms with Crippen LogP contribution in [0, 0.1) is 21.4 Å². The van der Waals surface area contributed by atoms with Crippen molar-refractivity contribution < 1.29 is 19.2 Å². The number of aromatic nitrogens is 2. The number of rotatable bonds is 9. The van der Waals surface area contributed by atoms with Gasteiger partial charge in [0.1, 0.15) is 17.3 Å². The average Bonchev–Trinajstić information content (AvgIpc) is 3.35. The molecule has 3 aromatic rings. The second-order valence-corrected chi connectivity index (χ2v) is 8.50. The quantitative estimate of drug-likeness (QED) is 0.136. The van der Waals surface area contributed by atoms with Crippen LogP contribution >= 0.6 is 0 Å². The first-order valence-electron chi connectivity index (χ1n) is 12.0. The number of hydrogen-bond acceptors (Lipinski definition) is 7. The molecule has 0 spiro atoms. The Kier molecular flexibility index (Phi) is 7.89. The minimum absolute atomic E-state index is 0.0991. The van der Waals surface area contributed by atoms with Crippen molar-refractivity contribution in [2.75, 3.05) is 19.8 Å². The maximum absolute atomic E-state index is 13.5. The summed E-state index contributed by atoms with van der Waals surface area (Å²) in [6.07, 6.45) is 3.72. The van der Waals surface area contributed by atoms with Crippen LogP contribution in [0.2, 0.25) is 0 Å². The van der Waals surface area contributed by atoms with Crippen molar-refractivity contribution in [1.82, 2.24) is 14.7 Å². The molecule has 4 rings (SSSR count). The Bertz CT molecular complexity index is 1500. The van der Waals surface area contributed by atoms with Gasteiger partial charge in [0, 0.05) is 54.8 Å². The highest BCUT2D eigenvalue weighted by molar-refractivity contribution is 6.19. The van der Waals surface area contributed by atoms with Crippen LogP contribution in [0.25, 0.3) is 23.0 Å². The zero-order valence-corrected chi connectivity index (χ0v) is 21.0. The monoisotopic (exact) mass is 511 g/mol. The third-order valence-corrected chi connectivity index (χ3v) is 6.09. The Morgan fingerprint density at radius 1 is 1.13 bits per heavy atom. The standard InChI is InChI=1S/C28H25N5O5/c1-3-38-14-8-13-31-27(34)24(19(2)25(17-29)28(31)35)16-21-18-32(22-10-5-4-6-11-22)30-26(21)20-9-7-12-23(15-20)33(36)37/h4-7,9-12,15-16,18H,3,8,13-14H2,1-2H3/b24-16+. The van der Waals surface area contributed by atoms with Gasteiger partial charge in [-0.3, -0.25) is 24.6 Å². The van der Waals surface area contributed by atoms with Gasteiger partial charge in [-0.2, -0.15) is 10.4 Å². The molecule has 10 heteroatoms. The Morgan fingerprint density at radius 3 is 2.58 bits per heavy atom. The molecule has 0 N–H and O–H groups in total. The van der Waals surface area contributed by atoms with Gasteiger partial charge in [-0.25, -0.2) is 4.68 Å². The van der Waals surface area contributed by atoms with Gasteiger partial charge in [0.25, 0.3) is 17.5 Å². The van der Waals surface area contributed by atoms with E-state index in [1.165, 1.54) is 12.1 Å². The van der Waals surface area contributed by atoms with Gasteiger partial charge >= 0.3 is 0 Å². The lowest BCUT2D eigenvalue weighted by molar-refractivity contribution is -0.384. The summed E-state index contributed by atoms with van der Waals surface area (Å²) in [5.41, 5.74) is 2.37. The number of imide groups is 1. The van der Waals surface area contributed by atoms with Gasteiger partial charge in [-0.05, 0) is 44.1 Å². The number of nitrogens with zero attached hydrogens (tertiary/aromatic N) is 5. The van der Waals surface area contributed by atoms with Gasteiger partial charge in [0.2, 0.25) is 0 Å². The fourth-order valence-electron chi connectivity index (χ4n) is 4.15. The number of benzene rings is 2.